The summed E-state index contributed by atoms with van der Waals surface area (Å²) in [5, 5.41) is 9.23. The summed E-state index contributed by atoms with van der Waals surface area (Å²) in [6.45, 7) is 6.68. The number of carbonyl (C=O) groups excluding carboxylic acids is 1. The van der Waals surface area contributed by atoms with E-state index >= 15 is 17.6 Å². The monoisotopic (exact) mass is 731 g/mol. The number of hydrogen-bond acceptors (Lipinski definition) is 9. The minimum atomic E-state index is -5.12. The summed E-state index contributed by atoms with van der Waals surface area (Å²) in [5.74, 6) is -2.30. The predicted octanol–water partition coefficient (Wildman–Crippen LogP) is 7.05. The summed E-state index contributed by atoms with van der Waals surface area (Å²) >= 11 is 0.681. The van der Waals surface area contributed by atoms with Crippen LogP contribution in [-0.2, 0) is 11.0 Å². The minimum Gasteiger partial charge on any atom is -0.461 e. The Morgan fingerprint density at radius 1 is 1.18 bits per heavy atom. The van der Waals surface area contributed by atoms with Gasteiger partial charge < -0.3 is 20.3 Å². The molecular formula is C35H35F6N7O2S. The standard InChI is InChI=1S/C35H35F6N7O2S/c1-4-25(49)47-13-18(3)48(14-17(47)2)32-21-10-23(35(39,40)41)27(20-6-7-24(37)30-26(20)22(12-42)31(43)51-30)28(38)29(21)44-33(45-32)50-16-34-8-5-9-46(34)15-19(36)11-34/h6-7,10,17-19H,4-5,8-9,11,13-16,43H2,1-3H3. The molecular weight excluding hydrogens is 696 g/mol. The van der Waals surface area contributed by atoms with Gasteiger partial charge in [0, 0.05) is 60.9 Å². The number of benzene rings is 2. The summed E-state index contributed by atoms with van der Waals surface area (Å²) < 4.78 is 97.7. The van der Waals surface area contributed by atoms with E-state index in [2.05, 4.69) is 9.97 Å². The van der Waals surface area contributed by atoms with Crippen molar-refractivity contribution < 1.29 is 35.9 Å². The summed E-state index contributed by atoms with van der Waals surface area (Å²) in [6.07, 6.45) is -4.17. The highest BCUT2D eigenvalue weighted by molar-refractivity contribution is 7.23. The summed E-state index contributed by atoms with van der Waals surface area (Å²) in [6, 6.07) is 3.39. The normalized spacial score (nSPS) is 24.0. The molecule has 2 aromatic carbocycles. The summed E-state index contributed by atoms with van der Waals surface area (Å²) in [5.41, 5.74) is 1.90. The molecule has 0 bridgehead atoms. The number of ether oxygens (including phenoxy) is 1. The maximum absolute atomic E-state index is 17.2. The molecule has 1 amide bonds. The molecule has 3 aliphatic rings. The van der Waals surface area contributed by atoms with Gasteiger partial charge in [0.2, 0.25) is 5.91 Å². The van der Waals surface area contributed by atoms with Gasteiger partial charge in [0.15, 0.2) is 5.82 Å². The Balaban J connectivity index is 1.45. The Hall–Kier alpha value is -4.36. The first-order valence-corrected chi connectivity index (χ1v) is 17.6. The lowest BCUT2D eigenvalue weighted by molar-refractivity contribution is -0.137. The number of aromatic nitrogens is 2. The lowest BCUT2D eigenvalue weighted by Gasteiger charge is -2.45. The molecule has 7 rings (SSSR count). The van der Waals surface area contributed by atoms with Crippen LogP contribution in [0.15, 0.2) is 18.2 Å². The number of halogens is 6. The average Bonchev–Trinajstić information content (AvgIpc) is 3.73. The highest BCUT2D eigenvalue weighted by atomic mass is 32.1. The molecule has 0 spiro atoms. The zero-order chi connectivity index (χ0) is 36.6. The molecule has 0 saturated carbocycles. The van der Waals surface area contributed by atoms with Crippen LogP contribution < -0.4 is 15.4 Å². The number of nitrogens with two attached hydrogens (primary N) is 1. The van der Waals surface area contributed by atoms with Crippen molar-refractivity contribution in [3.63, 3.8) is 0 Å². The van der Waals surface area contributed by atoms with Crippen molar-refractivity contribution in [1.82, 2.24) is 19.8 Å². The van der Waals surface area contributed by atoms with E-state index in [0.717, 1.165) is 24.6 Å². The van der Waals surface area contributed by atoms with E-state index in [4.69, 9.17) is 10.5 Å². The van der Waals surface area contributed by atoms with Gasteiger partial charge in [-0.3, -0.25) is 9.69 Å². The highest BCUT2D eigenvalue weighted by Crippen LogP contribution is 2.48. The van der Waals surface area contributed by atoms with Crippen LogP contribution in [0.4, 0.5) is 37.2 Å². The maximum atomic E-state index is 17.2. The third kappa shape index (κ3) is 5.78. The average molecular weight is 732 g/mol. The molecule has 0 radical (unpaired) electrons. The molecule has 0 aliphatic carbocycles. The van der Waals surface area contributed by atoms with Crippen LogP contribution in [0, 0.1) is 23.0 Å². The SMILES string of the molecule is CCC(=O)N1CC(C)N(c2nc(OCC34CCCN3CC(F)C4)nc3c(F)c(-c4ccc(F)c5sc(N)c(C#N)c45)c(C(F)(F)F)cc23)CC1C. The first-order valence-electron chi connectivity index (χ1n) is 16.8. The van der Waals surface area contributed by atoms with Crippen LogP contribution >= 0.6 is 11.3 Å². The van der Waals surface area contributed by atoms with E-state index in [9.17, 15) is 18.8 Å². The van der Waals surface area contributed by atoms with Gasteiger partial charge in [-0.1, -0.05) is 13.0 Å². The number of alkyl halides is 4. The van der Waals surface area contributed by atoms with E-state index < -0.39 is 52.2 Å². The van der Waals surface area contributed by atoms with E-state index in [1.165, 1.54) is 0 Å². The molecule has 9 nitrogen and oxygen atoms in total. The third-order valence-corrected chi connectivity index (χ3v) is 11.5. The Bertz CT molecular complexity index is 2100. The molecule has 2 aromatic heterocycles. The molecule has 3 aliphatic heterocycles. The highest BCUT2D eigenvalue weighted by Gasteiger charge is 2.49. The fourth-order valence-electron chi connectivity index (χ4n) is 8.09. The first kappa shape index (κ1) is 35.1. The van der Waals surface area contributed by atoms with E-state index in [0.29, 0.717) is 24.3 Å². The van der Waals surface area contributed by atoms with Crippen molar-refractivity contribution >= 4 is 49.1 Å². The molecule has 5 heterocycles. The molecule has 51 heavy (non-hydrogen) atoms. The number of rotatable bonds is 6. The van der Waals surface area contributed by atoms with Gasteiger partial charge in [0.1, 0.15) is 41.0 Å². The van der Waals surface area contributed by atoms with Gasteiger partial charge >= 0.3 is 12.2 Å². The van der Waals surface area contributed by atoms with Crippen LogP contribution in [0.25, 0.3) is 32.1 Å². The fourth-order valence-corrected chi connectivity index (χ4v) is 9.04. The number of carbonyl (C=O) groups is 1. The number of nitrogen functional groups attached to an aromatic ring is 1. The number of nitrogens with zero attached hydrogens (tertiary/aromatic N) is 6. The molecule has 4 aromatic rings. The van der Waals surface area contributed by atoms with Crippen LogP contribution in [-0.4, -0.2) is 82.3 Å². The van der Waals surface area contributed by atoms with Crippen LogP contribution in [0.5, 0.6) is 6.01 Å². The number of amides is 1. The van der Waals surface area contributed by atoms with Crippen LogP contribution in [0.3, 0.4) is 0 Å². The molecule has 270 valence electrons. The topological polar surface area (TPSA) is 112 Å². The Kier molecular flexibility index (Phi) is 8.73. The Labute approximate surface area is 293 Å². The molecule has 4 atom stereocenters. The van der Waals surface area contributed by atoms with Crippen molar-refractivity contribution in [2.45, 2.75) is 76.4 Å². The van der Waals surface area contributed by atoms with E-state index in [1.54, 1.807) is 23.6 Å². The predicted molar refractivity (Wildman–Crippen MR) is 181 cm³/mol. The summed E-state index contributed by atoms with van der Waals surface area (Å²) in [4.78, 5) is 27.0. The first-order chi connectivity index (χ1) is 24.2. The number of nitriles is 1. The smallest absolute Gasteiger partial charge is 0.417 e. The number of thiophene rings is 1. The van der Waals surface area contributed by atoms with Gasteiger partial charge in [-0.15, -0.1) is 11.3 Å². The van der Waals surface area contributed by atoms with Crippen molar-refractivity contribution in [2.75, 3.05) is 43.4 Å². The third-order valence-electron chi connectivity index (χ3n) is 10.5. The van der Waals surface area contributed by atoms with Gasteiger partial charge in [-0.2, -0.15) is 28.4 Å². The zero-order valence-electron chi connectivity index (χ0n) is 28.1. The zero-order valence-corrected chi connectivity index (χ0v) is 28.9. The van der Waals surface area contributed by atoms with Crippen molar-refractivity contribution in [3.8, 4) is 23.2 Å². The second-order valence-corrected chi connectivity index (χ2v) is 14.8. The van der Waals surface area contributed by atoms with Crippen LogP contribution in [0.2, 0.25) is 0 Å². The quantitative estimate of drug-likeness (QED) is 0.210. The van der Waals surface area contributed by atoms with Crippen molar-refractivity contribution in [3.05, 3.63) is 41.0 Å². The van der Waals surface area contributed by atoms with Gasteiger partial charge in [-0.05, 0) is 50.9 Å². The summed E-state index contributed by atoms with van der Waals surface area (Å²) in [7, 11) is 0. The van der Waals surface area contributed by atoms with Gasteiger partial charge in [0.25, 0.3) is 0 Å². The molecule has 3 fully saturated rings. The second kappa shape index (κ2) is 12.7. The van der Waals surface area contributed by atoms with Crippen molar-refractivity contribution in [2.24, 2.45) is 0 Å². The molecule has 2 N–H and O–H groups in total. The van der Waals surface area contributed by atoms with E-state index in [1.807, 2.05) is 17.9 Å². The van der Waals surface area contributed by atoms with Crippen LogP contribution in [0.1, 0.15) is 57.6 Å². The van der Waals surface area contributed by atoms with Gasteiger partial charge in [-0.25, -0.2) is 13.2 Å². The lowest BCUT2D eigenvalue weighted by atomic mass is 9.92. The molecule has 4 unspecified atom stereocenters. The van der Waals surface area contributed by atoms with Gasteiger partial charge in [0.05, 0.1) is 21.4 Å². The number of piperazine rings is 1. The lowest BCUT2D eigenvalue weighted by Crippen LogP contribution is -2.58. The molecule has 3 saturated heterocycles. The maximum Gasteiger partial charge on any atom is 0.417 e. The fraction of sp³-hybridized carbons (Fsp3) is 0.486. The number of hydrogen-bond donors (Lipinski definition) is 1. The minimum absolute atomic E-state index is 0.0174. The molecule has 16 heteroatoms. The number of anilines is 2. The number of fused-ring (bicyclic) bond motifs is 3. The Morgan fingerprint density at radius 2 is 1.94 bits per heavy atom. The second-order valence-electron chi connectivity index (χ2n) is 13.7. The Morgan fingerprint density at radius 3 is 2.65 bits per heavy atom. The largest absolute Gasteiger partial charge is 0.461 e. The van der Waals surface area contributed by atoms with Crippen molar-refractivity contribution in [1.29, 1.82) is 5.26 Å². The van der Waals surface area contributed by atoms with E-state index in [-0.39, 0.29) is 94.5 Å².